The number of carbonyl (C=O) groups excluding carboxylic acids is 1. The van der Waals surface area contributed by atoms with Crippen LogP contribution in [0.2, 0.25) is 0 Å². The van der Waals surface area contributed by atoms with E-state index >= 15 is 0 Å². The first-order valence-electron chi connectivity index (χ1n) is 29.2. The largest absolute Gasteiger partial charge is 0.457 e. The van der Waals surface area contributed by atoms with Crippen molar-refractivity contribution >= 4 is 5.97 Å². The molecule has 2 aliphatic rings. The van der Waals surface area contributed by atoms with Crippen LogP contribution in [0.3, 0.4) is 0 Å². The molecule has 2 fully saturated rings. The Morgan fingerprint density at radius 1 is 0.452 bits per heavy atom. The molecule has 2 rings (SSSR count). The Balaban J connectivity index is 1.72. The second kappa shape index (κ2) is 46.1. The van der Waals surface area contributed by atoms with Gasteiger partial charge < -0.3 is 64.2 Å². The van der Waals surface area contributed by atoms with E-state index in [9.17, 15) is 40.5 Å². The van der Waals surface area contributed by atoms with Crippen LogP contribution in [0.5, 0.6) is 0 Å². The fourth-order valence-corrected chi connectivity index (χ4v) is 9.05. The van der Waals surface area contributed by atoms with Crippen LogP contribution in [0.1, 0.15) is 219 Å². The number of esters is 1. The van der Waals surface area contributed by atoms with Crippen molar-refractivity contribution in [2.45, 2.75) is 287 Å². The molecule has 0 aromatic rings. The maximum absolute atomic E-state index is 13.1. The Morgan fingerprint density at radius 3 is 1.34 bits per heavy atom. The predicted octanol–water partition coefficient (Wildman–Crippen LogP) is 10.3. The highest BCUT2D eigenvalue weighted by Gasteiger charge is 2.47. The first-order chi connectivity index (χ1) is 35.6. The molecule has 2 heterocycles. The second-order valence-electron chi connectivity index (χ2n) is 20.5. The molecule has 14 heteroatoms. The maximum atomic E-state index is 13.1. The van der Waals surface area contributed by atoms with Crippen molar-refractivity contribution in [1.82, 2.24) is 0 Å². The number of allylic oxidation sites excluding steroid dienone is 8. The summed E-state index contributed by atoms with van der Waals surface area (Å²) in [5, 5.41) is 72.3. The van der Waals surface area contributed by atoms with Gasteiger partial charge in [-0.3, -0.25) is 4.79 Å². The van der Waals surface area contributed by atoms with Crippen molar-refractivity contribution in [3.8, 4) is 0 Å². The summed E-state index contributed by atoms with van der Waals surface area (Å²) in [4.78, 5) is 13.1. The minimum atomic E-state index is -1.71. The third-order valence-electron chi connectivity index (χ3n) is 13.8. The van der Waals surface area contributed by atoms with E-state index < -0.39 is 80.7 Å². The van der Waals surface area contributed by atoms with E-state index in [1.54, 1.807) is 0 Å². The lowest BCUT2D eigenvalue weighted by Crippen LogP contribution is -2.61. The first-order valence-corrected chi connectivity index (χ1v) is 29.2. The quantitative estimate of drug-likeness (QED) is 0.0172. The van der Waals surface area contributed by atoms with Crippen LogP contribution in [0, 0.1) is 0 Å². The summed E-state index contributed by atoms with van der Waals surface area (Å²) in [5.74, 6) is -0.382. The number of hydrogen-bond acceptors (Lipinski definition) is 14. The molecule has 0 bridgehead atoms. The SMILES string of the molecule is CCCCC/C=C\C/C=C\CCCCCCCCCCOCC(COC1OC(COC2OC(CO)C(O)C(O)C2O)C(O)C(O)C1O)OC(=O)CCCCCCCCCCC/C=C\C/C=C\CCCCCCC. The average molecular weight is 1040 g/mol. The Morgan fingerprint density at radius 2 is 0.849 bits per heavy atom. The smallest absolute Gasteiger partial charge is 0.306 e. The molecule has 0 spiro atoms. The monoisotopic (exact) mass is 1040 g/mol. The molecule has 7 N–H and O–H groups in total. The summed E-state index contributed by atoms with van der Waals surface area (Å²) in [5.41, 5.74) is 0. The summed E-state index contributed by atoms with van der Waals surface area (Å²) in [7, 11) is 0. The van der Waals surface area contributed by atoms with E-state index in [0.717, 1.165) is 64.2 Å². The Kier molecular flexibility index (Phi) is 42.3. The van der Waals surface area contributed by atoms with Gasteiger partial charge in [0, 0.05) is 13.0 Å². The molecular weight excluding hydrogens is 933 g/mol. The number of ether oxygens (including phenoxy) is 6. The minimum Gasteiger partial charge on any atom is -0.457 e. The highest BCUT2D eigenvalue weighted by Crippen LogP contribution is 2.27. The lowest BCUT2D eigenvalue weighted by Gasteiger charge is -2.42. The van der Waals surface area contributed by atoms with Gasteiger partial charge in [-0.2, -0.15) is 0 Å². The molecule has 11 atom stereocenters. The molecule has 0 aromatic heterocycles. The fraction of sp³-hybridized carbons (Fsp3) is 0.847. The van der Waals surface area contributed by atoms with Crippen LogP contribution in [-0.4, -0.2) is 142 Å². The molecule has 2 saturated heterocycles. The normalized spacial score (nSPS) is 25.3. The molecule has 0 saturated carbocycles. The van der Waals surface area contributed by atoms with Gasteiger partial charge in [-0.15, -0.1) is 0 Å². The van der Waals surface area contributed by atoms with Crippen molar-refractivity contribution in [3.63, 3.8) is 0 Å². The minimum absolute atomic E-state index is 0.0556. The van der Waals surface area contributed by atoms with E-state index in [1.165, 1.54) is 128 Å². The number of unbranched alkanes of at least 4 members (excludes halogenated alkanes) is 25. The van der Waals surface area contributed by atoms with Crippen molar-refractivity contribution in [2.75, 3.05) is 33.0 Å². The van der Waals surface area contributed by atoms with Gasteiger partial charge in [0.1, 0.15) is 54.9 Å². The van der Waals surface area contributed by atoms with Crippen molar-refractivity contribution in [3.05, 3.63) is 48.6 Å². The first kappa shape index (κ1) is 67.1. The van der Waals surface area contributed by atoms with Gasteiger partial charge in [-0.05, 0) is 77.0 Å². The predicted molar refractivity (Wildman–Crippen MR) is 289 cm³/mol. The van der Waals surface area contributed by atoms with E-state index in [2.05, 4.69) is 62.5 Å². The van der Waals surface area contributed by atoms with Crippen molar-refractivity contribution in [2.24, 2.45) is 0 Å². The van der Waals surface area contributed by atoms with E-state index in [4.69, 9.17) is 28.4 Å². The molecule has 2 aliphatic heterocycles. The fourth-order valence-electron chi connectivity index (χ4n) is 9.05. The Labute approximate surface area is 442 Å². The summed E-state index contributed by atoms with van der Waals surface area (Å²) < 4.78 is 34.4. The Bertz CT molecular complexity index is 1390. The van der Waals surface area contributed by atoms with Gasteiger partial charge in [0.05, 0.1) is 26.4 Å². The van der Waals surface area contributed by atoms with Gasteiger partial charge in [0.25, 0.3) is 0 Å². The number of aliphatic hydroxyl groups is 7. The van der Waals surface area contributed by atoms with Crippen LogP contribution in [0.15, 0.2) is 48.6 Å². The van der Waals surface area contributed by atoms with Gasteiger partial charge in [0.2, 0.25) is 0 Å². The van der Waals surface area contributed by atoms with E-state index in [-0.39, 0.29) is 25.6 Å². The van der Waals surface area contributed by atoms with Gasteiger partial charge in [-0.1, -0.05) is 184 Å². The molecule has 426 valence electrons. The maximum Gasteiger partial charge on any atom is 0.306 e. The lowest BCUT2D eigenvalue weighted by molar-refractivity contribution is -0.332. The summed E-state index contributed by atoms with van der Waals surface area (Å²) >= 11 is 0. The zero-order chi connectivity index (χ0) is 53.0. The third-order valence-corrected chi connectivity index (χ3v) is 13.8. The zero-order valence-electron chi connectivity index (χ0n) is 45.6. The van der Waals surface area contributed by atoms with Crippen LogP contribution in [0.4, 0.5) is 0 Å². The molecule has 0 aliphatic carbocycles. The highest BCUT2D eigenvalue weighted by molar-refractivity contribution is 5.69. The zero-order valence-corrected chi connectivity index (χ0v) is 45.6. The van der Waals surface area contributed by atoms with Crippen molar-refractivity contribution < 1.29 is 69.0 Å². The van der Waals surface area contributed by atoms with E-state index in [0.29, 0.717) is 13.0 Å². The topological polar surface area (TPSA) is 214 Å². The van der Waals surface area contributed by atoms with E-state index in [1.807, 2.05) is 0 Å². The van der Waals surface area contributed by atoms with Crippen LogP contribution in [0.25, 0.3) is 0 Å². The number of rotatable bonds is 47. The highest BCUT2D eigenvalue weighted by atomic mass is 16.7. The summed E-state index contributed by atoms with van der Waals surface area (Å²) in [6.45, 7) is 3.65. The lowest BCUT2D eigenvalue weighted by atomic mass is 9.98. The summed E-state index contributed by atoms with van der Waals surface area (Å²) in [6, 6.07) is 0. The third kappa shape index (κ3) is 33.0. The molecule has 11 unspecified atom stereocenters. The molecule has 0 aromatic carbocycles. The standard InChI is InChI=1S/C59H106O14/c1-3-5-7-9-11-13-15-17-19-21-23-24-25-26-28-30-32-34-36-38-40-42-51(61)71-48(45-68-43-41-39-37-35-33-31-29-27-22-20-18-16-14-12-10-8-6-4-2)46-69-58-57(67)55(65)53(63)50(73-58)47-70-59-56(66)54(64)52(62)49(44-60)72-59/h12,14-15,17-18,20-21,23,48-50,52-60,62-67H,3-11,13,16,19,22,24-47H2,1-2H3/b14-12-,17-15-,20-18-,23-21-. The molecule has 0 radical (unpaired) electrons. The van der Waals surface area contributed by atoms with Crippen LogP contribution in [-0.2, 0) is 33.2 Å². The van der Waals surface area contributed by atoms with Crippen LogP contribution < -0.4 is 0 Å². The average Bonchev–Trinajstić information content (AvgIpc) is 3.39. The molecule has 0 amide bonds. The van der Waals surface area contributed by atoms with Gasteiger partial charge >= 0.3 is 5.97 Å². The second-order valence-corrected chi connectivity index (χ2v) is 20.5. The number of aliphatic hydroxyl groups excluding tert-OH is 7. The Hall–Kier alpha value is -2.05. The molecular formula is C59H106O14. The number of carbonyl (C=O) groups is 1. The summed E-state index contributed by atoms with van der Waals surface area (Å²) in [6.07, 6.45) is 38.8. The van der Waals surface area contributed by atoms with Crippen molar-refractivity contribution in [1.29, 1.82) is 0 Å². The number of hydrogen-bond donors (Lipinski definition) is 7. The van der Waals surface area contributed by atoms with Gasteiger partial charge in [-0.25, -0.2) is 0 Å². The molecule has 73 heavy (non-hydrogen) atoms. The van der Waals surface area contributed by atoms with Crippen LogP contribution >= 0.6 is 0 Å². The van der Waals surface area contributed by atoms with Gasteiger partial charge in [0.15, 0.2) is 12.6 Å². The molecule has 14 nitrogen and oxygen atoms in total.